The number of amides is 2. The molecular weight excluding hydrogens is 479 g/mol. The van der Waals surface area contributed by atoms with E-state index in [0.717, 1.165) is 16.8 Å². The van der Waals surface area contributed by atoms with Gasteiger partial charge in [0.05, 0.1) is 19.3 Å². The lowest BCUT2D eigenvalue weighted by atomic mass is 9.86. The summed E-state index contributed by atoms with van der Waals surface area (Å²) in [6.45, 7) is 3.94. The molecule has 36 heavy (non-hydrogen) atoms. The van der Waals surface area contributed by atoms with Crippen LogP contribution in [0.1, 0.15) is 36.8 Å². The van der Waals surface area contributed by atoms with Crippen LogP contribution in [0.15, 0.2) is 30.3 Å². The number of carbonyl (C=O) groups excluding carboxylic acids is 2. The summed E-state index contributed by atoms with van der Waals surface area (Å²) in [5.41, 5.74) is 4.39. The van der Waals surface area contributed by atoms with Gasteiger partial charge in [-0.3, -0.25) is 14.3 Å². The van der Waals surface area contributed by atoms with Crippen LogP contribution in [0.5, 0.6) is 0 Å². The molecule has 0 aliphatic heterocycles. The van der Waals surface area contributed by atoms with Gasteiger partial charge in [0.15, 0.2) is 17.3 Å². The molecule has 2 unspecified atom stereocenters. The minimum absolute atomic E-state index is 0.0361. The van der Waals surface area contributed by atoms with Crippen molar-refractivity contribution in [1.29, 1.82) is 0 Å². The zero-order valence-corrected chi connectivity index (χ0v) is 20.0. The molecule has 0 radical (unpaired) electrons. The highest BCUT2D eigenvalue weighted by Crippen LogP contribution is 2.27. The minimum atomic E-state index is -1.27. The average molecular weight is 508 g/mol. The molecule has 194 valence electrons. The number of aliphatic hydroxyl groups excluding tert-OH is 2. The van der Waals surface area contributed by atoms with E-state index < -0.39 is 53.4 Å². The Hall–Kier alpha value is -3.64. The van der Waals surface area contributed by atoms with Gasteiger partial charge in [0, 0.05) is 23.2 Å². The van der Waals surface area contributed by atoms with E-state index in [2.05, 4.69) is 15.7 Å². The van der Waals surface area contributed by atoms with Crippen LogP contribution in [0, 0.1) is 22.9 Å². The number of nitrogens with zero attached hydrogens (tertiary/aromatic N) is 2. The number of aromatic nitrogens is 2. The van der Waals surface area contributed by atoms with E-state index in [-0.39, 0.29) is 40.9 Å². The van der Waals surface area contributed by atoms with Gasteiger partial charge >= 0.3 is 0 Å². The topological polar surface area (TPSA) is 142 Å². The number of nitrogens with one attached hydrogen (secondary N) is 2. The van der Waals surface area contributed by atoms with E-state index in [0.29, 0.717) is 0 Å². The third-order valence-electron chi connectivity index (χ3n) is 5.54. The van der Waals surface area contributed by atoms with Crippen molar-refractivity contribution < 1.29 is 33.0 Å². The number of hydrogen-bond donors (Lipinski definition) is 5. The molecule has 0 aliphatic carbocycles. The Balaban J connectivity index is 1.99. The molecule has 0 spiro atoms. The highest BCUT2D eigenvalue weighted by Gasteiger charge is 2.34. The molecule has 12 heteroatoms. The first-order chi connectivity index (χ1) is 16.8. The number of nitrogen functional groups attached to an aromatic ring is 1. The summed E-state index contributed by atoms with van der Waals surface area (Å²) in [7, 11) is 0. The summed E-state index contributed by atoms with van der Waals surface area (Å²) >= 11 is 0. The zero-order chi connectivity index (χ0) is 26.8. The van der Waals surface area contributed by atoms with Crippen LogP contribution < -0.4 is 16.4 Å². The summed E-state index contributed by atoms with van der Waals surface area (Å²) in [4.78, 5) is 26.0. The van der Waals surface area contributed by atoms with Crippen molar-refractivity contribution in [2.75, 3.05) is 18.9 Å². The van der Waals surface area contributed by atoms with Crippen LogP contribution in [0.2, 0.25) is 0 Å². The summed E-state index contributed by atoms with van der Waals surface area (Å²) in [6, 6.07) is 4.79. The molecular formula is C24H28F3N5O4. The molecule has 0 saturated heterocycles. The number of hydrogen-bond acceptors (Lipinski definition) is 6. The Bertz CT molecular complexity index is 1290. The fourth-order valence-corrected chi connectivity index (χ4v) is 3.60. The van der Waals surface area contributed by atoms with Crippen molar-refractivity contribution in [3.63, 3.8) is 0 Å². The Morgan fingerprint density at radius 1 is 1.14 bits per heavy atom. The van der Waals surface area contributed by atoms with Crippen molar-refractivity contribution in [2.24, 2.45) is 5.41 Å². The van der Waals surface area contributed by atoms with E-state index in [1.54, 1.807) is 20.8 Å². The first kappa shape index (κ1) is 27.0. The summed E-state index contributed by atoms with van der Waals surface area (Å²) in [5, 5.41) is 27.6. The van der Waals surface area contributed by atoms with E-state index >= 15 is 0 Å². The molecule has 2 amide bonds. The summed E-state index contributed by atoms with van der Waals surface area (Å²) in [5.74, 6) is -4.61. The second-order valence-corrected chi connectivity index (χ2v) is 9.47. The van der Waals surface area contributed by atoms with Crippen LogP contribution in [-0.2, 0) is 11.3 Å². The van der Waals surface area contributed by atoms with Crippen molar-refractivity contribution in [3.05, 3.63) is 59.0 Å². The predicted molar refractivity (Wildman–Crippen MR) is 126 cm³/mol. The molecule has 2 aromatic carbocycles. The molecule has 6 N–H and O–H groups in total. The maximum atomic E-state index is 14.8. The minimum Gasteiger partial charge on any atom is -0.399 e. The summed E-state index contributed by atoms with van der Waals surface area (Å²) < 4.78 is 44.2. The lowest BCUT2D eigenvalue weighted by Gasteiger charge is -2.30. The number of carbonyl (C=O) groups is 2. The quantitative estimate of drug-likeness (QED) is 0.294. The number of anilines is 1. The number of halogens is 3. The Labute approximate surface area is 205 Å². The number of rotatable bonds is 8. The number of benzene rings is 2. The molecule has 9 nitrogen and oxygen atoms in total. The van der Waals surface area contributed by atoms with E-state index in [1.165, 1.54) is 18.2 Å². The van der Waals surface area contributed by atoms with Crippen LogP contribution in [0.4, 0.5) is 18.9 Å². The standard InChI is InChI=1S/C24H28F3N5O4/c1-24(2,3)21(23(36)29-9-14(34)11-33)30-22(35)19-15-6-7-16(25)18(27)20(15)32(31-19)10-12-4-5-13(28)8-17(12)26/h4-8,14,21,33-34H,9-11,28H2,1-3H3,(H,29,36)(H,30,35). The van der Waals surface area contributed by atoms with Crippen LogP contribution in [0.25, 0.3) is 10.9 Å². The largest absolute Gasteiger partial charge is 0.399 e. The Kier molecular flexibility index (Phi) is 7.89. The van der Waals surface area contributed by atoms with Crippen molar-refractivity contribution in [3.8, 4) is 0 Å². The highest BCUT2D eigenvalue weighted by atomic mass is 19.2. The van der Waals surface area contributed by atoms with Crippen LogP contribution in [0.3, 0.4) is 0 Å². The monoisotopic (exact) mass is 507 g/mol. The van der Waals surface area contributed by atoms with Crippen LogP contribution in [-0.4, -0.2) is 57.1 Å². The normalized spacial score (nSPS) is 13.4. The second-order valence-electron chi connectivity index (χ2n) is 9.47. The lowest BCUT2D eigenvalue weighted by molar-refractivity contribution is -0.125. The highest BCUT2D eigenvalue weighted by molar-refractivity contribution is 6.06. The zero-order valence-electron chi connectivity index (χ0n) is 20.0. The first-order valence-corrected chi connectivity index (χ1v) is 11.1. The number of fused-ring (bicyclic) bond motifs is 1. The maximum absolute atomic E-state index is 14.8. The molecule has 0 fully saturated rings. The molecule has 3 rings (SSSR count). The fraction of sp³-hybridized carbons (Fsp3) is 0.375. The van der Waals surface area contributed by atoms with Gasteiger partial charge in [-0.1, -0.05) is 26.8 Å². The van der Waals surface area contributed by atoms with Crippen LogP contribution >= 0.6 is 0 Å². The third-order valence-corrected chi connectivity index (χ3v) is 5.54. The SMILES string of the molecule is CC(C)(C)C(NC(=O)c1nn(Cc2ccc(N)cc2F)c2c(F)c(F)ccc12)C(=O)NCC(O)CO. The number of aliphatic hydroxyl groups is 2. The van der Waals surface area contributed by atoms with Crippen molar-refractivity contribution >= 4 is 28.4 Å². The first-order valence-electron chi connectivity index (χ1n) is 11.1. The average Bonchev–Trinajstić information content (AvgIpc) is 3.17. The Morgan fingerprint density at radius 2 is 1.83 bits per heavy atom. The van der Waals surface area contributed by atoms with Gasteiger partial charge in [-0.25, -0.2) is 13.2 Å². The van der Waals surface area contributed by atoms with Gasteiger partial charge < -0.3 is 26.6 Å². The molecule has 3 aromatic rings. The lowest BCUT2D eigenvalue weighted by Crippen LogP contribution is -2.54. The predicted octanol–water partition coefficient (Wildman–Crippen LogP) is 1.70. The van der Waals surface area contributed by atoms with Gasteiger partial charge in [0.1, 0.15) is 17.4 Å². The summed E-state index contributed by atoms with van der Waals surface area (Å²) in [6.07, 6.45) is -1.18. The molecule has 0 bridgehead atoms. The third kappa shape index (κ3) is 5.77. The van der Waals surface area contributed by atoms with Gasteiger partial charge in [-0.15, -0.1) is 0 Å². The van der Waals surface area contributed by atoms with E-state index in [1.807, 2.05) is 0 Å². The van der Waals surface area contributed by atoms with Crippen molar-refractivity contribution in [1.82, 2.24) is 20.4 Å². The maximum Gasteiger partial charge on any atom is 0.273 e. The second kappa shape index (κ2) is 10.5. The molecule has 1 aromatic heterocycles. The van der Waals surface area contributed by atoms with Gasteiger partial charge in [-0.05, 0) is 29.7 Å². The van der Waals surface area contributed by atoms with Crippen molar-refractivity contribution in [2.45, 2.75) is 39.5 Å². The molecule has 2 atom stereocenters. The van der Waals surface area contributed by atoms with E-state index in [9.17, 15) is 27.9 Å². The van der Waals surface area contributed by atoms with Gasteiger partial charge in [0.2, 0.25) is 5.91 Å². The molecule has 0 aliphatic rings. The molecule has 1 heterocycles. The number of nitrogens with two attached hydrogens (primary N) is 1. The Morgan fingerprint density at radius 3 is 2.44 bits per heavy atom. The molecule has 0 saturated carbocycles. The fourth-order valence-electron chi connectivity index (χ4n) is 3.60. The van der Waals surface area contributed by atoms with E-state index in [4.69, 9.17) is 10.8 Å². The smallest absolute Gasteiger partial charge is 0.273 e. The van der Waals surface area contributed by atoms with Gasteiger partial charge in [-0.2, -0.15) is 5.10 Å². The van der Waals surface area contributed by atoms with Gasteiger partial charge in [0.25, 0.3) is 5.91 Å².